The molecule has 0 atom stereocenters. The van der Waals surface area contributed by atoms with Crippen LogP contribution in [0.15, 0.2) is 36.4 Å². The Bertz CT molecular complexity index is 793. The second-order valence-corrected chi connectivity index (χ2v) is 5.49. The first kappa shape index (κ1) is 13.9. The van der Waals surface area contributed by atoms with Crippen LogP contribution in [0.1, 0.15) is 5.56 Å². The Balaban J connectivity index is 2.19. The number of aryl methyl sites for hydroxylation is 1. The standard InChI is InChI=1S/C14H11Cl2N5/c1-8-2-3-10(15)7-13(8)21-14(18-19-20-21)9-4-11(16)6-12(17)5-9/h2-7H,17H2,1H3. The molecule has 3 rings (SSSR count). The summed E-state index contributed by atoms with van der Waals surface area (Å²) in [5.74, 6) is 0.551. The van der Waals surface area contributed by atoms with E-state index in [-0.39, 0.29) is 0 Å². The first-order chi connectivity index (χ1) is 10.0. The minimum absolute atomic E-state index is 0.530. The summed E-state index contributed by atoms with van der Waals surface area (Å²) in [5, 5.41) is 13.0. The third-order valence-electron chi connectivity index (χ3n) is 3.05. The zero-order valence-corrected chi connectivity index (χ0v) is 12.6. The van der Waals surface area contributed by atoms with Gasteiger partial charge in [-0.2, -0.15) is 4.68 Å². The Labute approximate surface area is 131 Å². The Morgan fingerprint density at radius 3 is 2.62 bits per heavy atom. The number of hydrogen-bond acceptors (Lipinski definition) is 4. The summed E-state index contributed by atoms with van der Waals surface area (Å²) in [5.41, 5.74) is 8.93. The molecule has 0 aliphatic rings. The molecule has 3 aromatic rings. The molecule has 0 aliphatic heterocycles. The van der Waals surface area contributed by atoms with Gasteiger partial charge in [-0.05, 0) is 53.2 Å². The number of hydrogen-bond donors (Lipinski definition) is 1. The molecule has 5 nitrogen and oxygen atoms in total. The quantitative estimate of drug-likeness (QED) is 0.733. The molecule has 0 spiro atoms. The van der Waals surface area contributed by atoms with Crippen molar-refractivity contribution in [2.45, 2.75) is 6.92 Å². The summed E-state index contributed by atoms with van der Waals surface area (Å²) >= 11 is 12.1. The lowest BCUT2D eigenvalue weighted by Gasteiger charge is -2.09. The smallest absolute Gasteiger partial charge is 0.187 e. The highest BCUT2D eigenvalue weighted by Crippen LogP contribution is 2.27. The van der Waals surface area contributed by atoms with Crippen molar-refractivity contribution in [1.82, 2.24) is 20.2 Å². The van der Waals surface area contributed by atoms with Crippen LogP contribution in [0.2, 0.25) is 10.0 Å². The van der Waals surface area contributed by atoms with Crippen LogP contribution >= 0.6 is 23.2 Å². The van der Waals surface area contributed by atoms with Gasteiger partial charge >= 0.3 is 0 Å². The van der Waals surface area contributed by atoms with Gasteiger partial charge in [-0.15, -0.1) is 5.10 Å². The third-order valence-corrected chi connectivity index (χ3v) is 3.50. The van der Waals surface area contributed by atoms with E-state index in [1.165, 1.54) is 0 Å². The van der Waals surface area contributed by atoms with Crippen LogP contribution in [0.4, 0.5) is 5.69 Å². The van der Waals surface area contributed by atoms with Crippen LogP contribution in [-0.4, -0.2) is 20.2 Å². The Morgan fingerprint density at radius 2 is 1.86 bits per heavy atom. The van der Waals surface area contributed by atoms with Gasteiger partial charge in [-0.25, -0.2) is 0 Å². The predicted molar refractivity (Wildman–Crippen MR) is 83.8 cm³/mol. The molecule has 0 radical (unpaired) electrons. The van der Waals surface area contributed by atoms with Crippen LogP contribution in [0.25, 0.3) is 17.1 Å². The highest BCUT2D eigenvalue weighted by atomic mass is 35.5. The fraction of sp³-hybridized carbons (Fsp3) is 0.0714. The first-order valence-electron chi connectivity index (χ1n) is 6.16. The summed E-state index contributed by atoms with van der Waals surface area (Å²) in [6.45, 7) is 1.96. The summed E-state index contributed by atoms with van der Waals surface area (Å²) in [7, 11) is 0. The van der Waals surface area contributed by atoms with Crippen LogP contribution in [0.5, 0.6) is 0 Å². The maximum Gasteiger partial charge on any atom is 0.187 e. The molecular formula is C14H11Cl2N5. The first-order valence-corrected chi connectivity index (χ1v) is 6.91. The van der Waals surface area contributed by atoms with Gasteiger partial charge in [0.15, 0.2) is 5.82 Å². The van der Waals surface area contributed by atoms with E-state index in [4.69, 9.17) is 28.9 Å². The molecule has 2 N–H and O–H groups in total. The van der Waals surface area contributed by atoms with Crippen molar-refractivity contribution in [2.24, 2.45) is 0 Å². The van der Waals surface area contributed by atoms with Gasteiger partial charge in [0.2, 0.25) is 0 Å². The molecule has 0 amide bonds. The average Bonchev–Trinajstić information content (AvgIpc) is 2.89. The zero-order valence-electron chi connectivity index (χ0n) is 11.1. The van der Waals surface area contributed by atoms with Gasteiger partial charge in [-0.3, -0.25) is 0 Å². The fourth-order valence-electron chi connectivity index (χ4n) is 2.08. The highest BCUT2D eigenvalue weighted by molar-refractivity contribution is 6.31. The van der Waals surface area contributed by atoms with E-state index in [0.717, 1.165) is 16.8 Å². The van der Waals surface area contributed by atoms with E-state index in [1.54, 1.807) is 22.9 Å². The minimum atomic E-state index is 0.530. The van der Waals surface area contributed by atoms with Crippen LogP contribution in [-0.2, 0) is 0 Å². The van der Waals surface area contributed by atoms with Crippen molar-refractivity contribution in [3.8, 4) is 17.1 Å². The summed E-state index contributed by atoms with van der Waals surface area (Å²) in [4.78, 5) is 0. The van der Waals surface area contributed by atoms with Gasteiger partial charge in [0.05, 0.1) is 5.69 Å². The normalized spacial score (nSPS) is 10.8. The number of benzene rings is 2. The van der Waals surface area contributed by atoms with Crippen molar-refractivity contribution in [3.05, 3.63) is 52.0 Å². The molecule has 0 aliphatic carbocycles. The van der Waals surface area contributed by atoms with Crippen molar-refractivity contribution in [3.63, 3.8) is 0 Å². The highest BCUT2D eigenvalue weighted by Gasteiger charge is 2.14. The van der Waals surface area contributed by atoms with Crippen LogP contribution in [0.3, 0.4) is 0 Å². The molecule has 7 heteroatoms. The van der Waals surface area contributed by atoms with Crippen LogP contribution < -0.4 is 5.73 Å². The van der Waals surface area contributed by atoms with Gasteiger partial charge in [-0.1, -0.05) is 29.3 Å². The number of rotatable bonds is 2. The topological polar surface area (TPSA) is 69.6 Å². The third kappa shape index (κ3) is 2.70. The molecule has 0 saturated carbocycles. The number of halogens is 2. The van der Waals surface area contributed by atoms with Crippen molar-refractivity contribution < 1.29 is 0 Å². The molecule has 21 heavy (non-hydrogen) atoms. The Morgan fingerprint density at radius 1 is 1.05 bits per heavy atom. The van der Waals surface area contributed by atoms with Gasteiger partial charge in [0.1, 0.15) is 0 Å². The summed E-state index contributed by atoms with van der Waals surface area (Å²) in [6, 6.07) is 10.7. The molecule has 0 unspecified atom stereocenters. The second-order valence-electron chi connectivity index (χ2n) is 4.62. The molecule has 0 fully saturated rings. The maximum absolute atomic E-state index is 6.06. The van der Waals surface area contributed by atoms with Crippen molar-refractivity contribution in [2.75, 3.05) is 5.73 Å². The molecule has 0 saturated heterocycles. The maximum atomic E-state index is 6.06. The van der Waals surface area contributed by atoms with Gasteiger partial charge in [0.25, 0.3) is 0 Å². The van der Waals surface area contributed by atoms with Gasteiger partial charge in [0, 0.05) is 21.3 Å². The molecule has 1 aromatic heterocycles. The lowest BCUT2D eigenvalue weighted by molar-refractivity contribution is 0.787. The van der Waals surface area contributed by atoms with E-state index < -0.39 is 0 Å². The molecule has 106 valence electrons. The van der Waals surface area contributed by atoms with Gasteiger partial charge < -0.3 is 5.73 Å². The minimum Gasteiger partial charge on any atom is -0.399 e. The van der Waals surface area contributed by atoms with E-state index >= 15 is 0 Å². The average molecular weight is 320 g/mol. The lowest BCUT2D eigenvalue weighted by atomic mass is 10.1. The predicted octanol–water partition coefficient (Wildman–Crippen LogP) is 3.53. The second kappa shape index (κ2) is 5.35. The molecule has 1 heterocycles. The molecule has 0 bridgehead atoms. The Hall–Kier alpha value is -2.11. The number of nitrogens with two attached hydrogens (primary N) is 1. The van der Waals surface area contributed by atoms with E-state index in [0.29, 0.717) is 21.6 Å². The molecule has 2 aromatic carbocycles. The van der Waals surface area contributed by atoms with Crippen LogP contribution in [0, 0.1) is 6.92 Å². The number of anilines is 1. The largest absolute Gasteiger partial charge is 0.399 e. The van der Waals surface area contributed by atoms with E-state index in [2.05, 4.69) is 15.5 Å². The molecular weight excluding hydrogens is 309 g/mol. The van der Waals surface area contributed by atoms with Crippen molar-refractivity contribution >= 4 is 28.9 Å². The lowest BCUT2D eigenvalue weighted by Crippen LogP contribution is -2.02. The monoisotopic (exact) mass is 319 g/mol. The SMILES string of the molecule is Cc1ccc(Cl)cc1-n1nnnc1-c1cc(N)cc(Cl)c1. The zero-order chi connectivity index (χ0) is 15.0. The number of nitrogen functional groups attached to an aromatic ring is 1. The van der Waals surface area contributed by atoms with E-state index in [1.807, 2.05) is 25.1 Å². The summed E-state index contributed by atoms with van der Waals surface area (Å²) < 4.78 is 1.62. The Kier molecular flexibility index (Phi) is 3.53. The fourth-order valence-corrected chi connectivity index (χ4v) is 2.49. The van der Waals surface area contributed by atoms with Crippen molar-refractivity contribution in [1.29, 1.82) is 0 Å². The summed E-state index contributed by atoms with van der Waals surface area (Å²) in [6.07, 6.45) is 0. The number of aromatic nitrogens is 4. The number of nitrogens with zero attached hydrogens (tertiary/aromatic N) is 4. The van der Waals surface area contributed by atoms with E-state index in [9.17, 15) is 0 Å². The number of tetrazole rings is 1.